The number of carbonyl (C=O) groups excluding carboxylic acids is 2. The maximum atomic E-state index is 13.5. The minimum Gasteiger partial charge on any atom is -0.497 e. The molecule has 2 aliphatic heterocycles. The van der Waals surface area contributed by atoms with Gasteiger partial charge < -0.3 is 4.74 Å². The minimum atomic E-state index is -0.934. The van der Waals surface area contributed by atoms with Crippen LogP contribution in [-0.2, 0) is 14.4 Å². The molecule has 5 rings (SSSR count). The molecule has 0 spiro atoms. The lowest BCUT2D eigenvalue weighted by Crippen LogP contribution is -2.37. The van der Waals surface area contributed by atoms with Gasteiger partial charge in [-0.15, -0.1) is 0 Å². The van der Waals surface area contributed by atoms with Crippen molar-refractivity contribution in [3.63, 3.8) is 0 Å². The molecule has 31 heavy (non-hydrogen) atoms. The van der Waals surface area contributed by atoms with E-state index in [1.807, 2.05) is 54.6 Å². The number of anilines is 2. The lowest BCUT2D eigenvalue weighted by atomic mass is 9.90. The number of halogens is 1. The van der Waals surface area contributed by atoms with Crippen LogP contribution in [0, 0.1) is 5.92 Å². The Hall–Kier alpha value is -3.35. The highest BCUT2D eigenvalue weighted by molar-refractivity contribution is 6.36. The maximum Gasteiger partial charge on any atom is 0.266 e. The van der Waals surface area contributed by atoms with Gasteiger partial charge >= 0.3 is 0 Å². The summed E-state index contributed by atoms with van der Waals surface area (Å²) in [7, 11) is 1.60. The molecule has 6 nitrogen and oxygen atoms in total. The van der Waals surface area contributed by atoms with E-state index in [0.29, 0.717) is 16.5 Å². The highest BCUT2D eigenvalue weighted by atomic mass is 35.5. The van der Waals surface area contributed by atoms with E-state index in [0.717, 1.165) is 16.2 Å². The van der Waals surface area contributed by atoms with Crippen LogP contribution in [0.25, 0.3) is 0 Å². The van der Waals surface area contributed by atoms with E-state index in [1.165, 1.54) is 0 Å². The smallest absolute Gasteiger partial charge is 0.266 e. The standard InChI is InChI=1S/C24H19ClN2O4/c1-30-17-13-11-15(12-14-17)21-20-22(31-27(21)16-7-3-2-4-8-16)24(29)26(23(20)28)19-10-6-5-9-18(19)25/h2-14,20-22H,1H3/t20-,21+,22-/m0/s1. The first-order chi connectivity index (χ1) is 15.1. The van der Waals surface area contributed by atoms with Gasteiger partial charge in [-0.1, -0.05) is 54.1 Å². The maximum absolute atomic E-state index is 13.5. The van der Waals surface area contributed by atoms with E-state index in [-0.39, 0.29) is 5.91 Å². The molecule has 0 saturated carbocycles. The first-order valence-corrected chi connectivity index (χ1v) is 10.3. The number of carbonyl (C=O) groups is 2. The number of fused-ring (bicyclic) bond motifs is 1. The molecule has 2 heterocycles. The van der Waals surface area contributed by atoms with Crippen LogP contribution >= 0.6 is 11.6 Å². The topological polar surface area (TPSA) is 59.1 Å². The van der Waals surface area contributed by atoms with Crippen molar-refractivity contribution >= 4 is 34.8 Å². The quantitative estimate of drug-likeness (QED) is 0.570. The van der Waals surface area contributed by atoms with Gasteiger partial charge in [-0.25, -0.2) is 9.96 Å². The lowest BCUT2D eigenvalue weighted by molar-refractivity contribution is -0.126. The highest BCUT2D eigenvalue weighted by Gasteiger charge is 2.60. The zero-order chi connectivity index (χ0) is 21.5. The Morgan fingerprint density at radius 2 is 1.55 bits per heavy atom. The van der Waals surface area contributed by atoms with E-state index in [2.05, 4.69) is 0 Å². The van der Waals surface area contributed by atoms with Crippen molar-refractivity contribution in [1.82, 2.24) is 0 Å². The first kappa shape index (κ1) is 19.6. The Morgan fingerprint density at radius 1 is 0.871 bits per heavy atom. The van der Waals surface area contributed by atoms with Gasteiger partial charge in [-0.05, 0) is 42.0 Å². The largest absolute Gasteiger partial charge is 0.497 e. The summed E-state index contributed by atoms with van der Waals surface area (Å²) in [6.07, 6.45) is -0.934. The summed E-state index contributed by atoms with van der Waals surface area (Å²) >= 11 is 6.29. The number of para-hydroxylation sites is 2. The van der Waals surface area contributed by atoms with E-state index in [1.54, 1.807) is 36.4 Å². The molecule has 3 atom stereocenters. The van der Waals surface area contributed by atoms with Crippen molar-refractivity contribution in [2.75, 3.05) is 17.1 Å². The molecule has 2 saturated heterocycles. The molecule has 2 amide bonds. The third kappa shape index (κ3) is 3.15. The fourth-order valence-electron chi connectivity index (χ4n) is 4.22. The molecule has 0 radical (unpaired) electrons. The molecule has 156 valence electrons. The van der Waals surface area contributed by atoms with E-state index in [9.17, 15) is 9.59 Å². The number of ether oxygens (including phenoxy) is 1. The second-order valence-corrected chi connectivity index (χ2v) is 7.80. The van der Waals surface area contributed by atoms with Crippen molar-refractivity contribution in [2.45, 2.75) is 12.1 Å². The zero-order valence-corrected chi connectivity index (χ0v) is 17.4. The number of hydroxylamine groups is 1. The Labute approximate surface area is 184 Å². The summed E-state index contributed by atoms with van der Waals surface area (Å²) in [5.74, 6) is -0.753. The molecule has 2 aliphatic rings. The van der Waals surface area contributed by atoms with E-state index < -0.39 is 24.0 Å². The molecule has 3 aromatic carbocycles. The average Bonchev–Trinajstić information content (AvgIpc) is 3.31. The van der Waals surface area contributed by atoms with Gasteiger partial charge in [0.25, 0.3) is 5.91 Å². The van der Waals surface area contributed by atoms with Crippen LogP contribution in [-0.4, -0.2) is 25.0 Å². The molecule has 2 fully saturated rings. The van der Waals surface area contributed by atoms with Crippen LogP contribution in [0.3, 0.4) is 0 Å². The summed E-state index contributed by atoms with van der Waals surface area (Å²) in [5.41, 5.74) is 1.99. The predicted octanol–water partition coefficient (Wildman–Crippen LogP) is 4.40. The lowest BCUT2D eigenvalue weighted by Gasteiger charge is -2.29. The van der Waals surface area contributed by atoms with Gasteiger partial charge in [0, 0.05) is 0 Å². The number of nitrogens with zero attached hydrogens (tertiary/aromatic N) is 2. The Kier molecular flexibility index (Phi) is 4.88. The van der Waals surface area contributed by atoms with E-state index in [4.69, 9.17) is 21.2 Å². The first-order valence-electron chi connectivity index (χ1n) is 9.87. The monoisotopic (exact) mass is 434 g/mol. The van der Waals surface area contributed by atoms with Gasteiger partial charge in [-0.2, -0.15) is 0 Å². The van der Waals surface area contributed by atoms with Gasteiger partial charge in [-0.3, -0.25) is 14.4 Å². The number of imide groups is 1. The van der Waals surface area contributed by atoms with Gasteiger partial charge in [0.2, 0.25) is 5.91 Å². The normalized spacial score (nSPS) is 22.7. The third-order valence-corrected chi connectivity index (χ3v) is 6.00. The minimum absolute atomic E-state index is 0.331. The Balaban J connectivity index is 1.59. The van der Waals surface area contributed by atoms with Gasteiger partial charge in [0.05, 0.1) is 29.5 Å². The Bertz CT molecular complexity index is 1140. The summed E-state index contributed by atoms with van der Waals surface area (Å²) in [6.45, 7) is 0. The van der Waals surface area contributed by atoms with Crippen LogP contribution in [0.15, 0.2) is 78.9 Å². The van der Waals surface area contributed by atoms with Crippen molar-refractivity contribution in [3.8, 4) is 5.75 Å². The number of rotatable bonds is 4. The molecule has 0 aromatic heterocycles. The average molecular weight is 435 g/mol. The number of benzene rings is 3. The molecule has 0 N–H and O–H groups in total. The van der Waals surface area contributed by atoms with Crippen molar-refractivity contribution < 1.29 is 19.2 Å². The number of methoxy groups -OCH3 is 1. The fraction of sp³-hybridized carbons (Fsp3) is 0.167. The second-order valence-electron chi connectivity index (χ2n) is 7.39. The van der Waals surface area contributed by atoms with Crippen LogP contribution in [0.2, 0.25) is 5.02 Å². The fourth-order valence-corrected chi connectivity index (χ4v) is 4.44. The molecule has 3 aromatic rings. The number of amides is 2. The van der Waals surface area contributed by atoms with Gasteiger partial charge in [0.15, 0.2) is 6.10 Å². The summed E-state index contributed by atoms with van der Waals surface area (Å²) < 4.78 is 5.27. The zero-order valence-electron chi connectivity index (χ0n) is 16.6. The summed E-state index contributed by atoms with van der Waals surface area (Å²) in [4.78, 5) is 34.1. The third-order valence-electron chi connectivity index (χ3n) is 5.68. The molecular formula is C24H19ClN2O4. The molecule has 0 unspecified atom stereocenters. The molecule has 7 heteroatoms. The van der Waals surface area contributed by atoms with Crippen molar-refractivity contribution in [3.05, 3.63) is 89.4 Å². The second kappa shape index (κ2) is 7.72. The van der Waals surface area contributed by atoms with Crippen LogP contribution in [0.4, 0.5) is 11.4 Å². The van der Waals surface area contributed by atoms with Crippen LogP contribution in [0.5, 0.6) is 5.75 Å². The molecule has 0 aliphatic carbocycles. The molecular weight excluding hydrogens is 416 g/mol. The molecule has 0 bridgehead atoms. The van der Waals surface area contributed by atoms with Crippen molar-refractivity contribution in [2.24, 2.45) is 5.92 Å². The van der Waals surface area contributed by atoms with Crippen LogP contribution in [0.1, 0.15) is 11.6 Å². The highest BCUT2D eigenvalue weighted by Crippen LogP contribution is 2.48. The number of hydrogen-bond acceptors (Lipinski definition) is 5. The van der Waals surface area contributed by atoms with Crippen LogP contribution < -0.4 is 14.7 Å². The summed E-state index contributed by atoms with van der Waals surface area (Å²) in [6, 6.07) is 23.2. The SMILES string of the molecule is COc1ccc([C@@H]2[C@@H]3C(=O)N(c4ccccc4Cl)C(=O)[C@H]3ON2c2ccccc2)cc1. The van der Waals surface area contributed by atoms with E-state index >= 15 is 0 Å². The number of hydrogen-bond donors (Lipinski definition) is 0. The Morgan fingerprint density at radius 3 is 2.23 bits per heavy atom. The van der Waals surface area contributed by atoms with Gasteiger partial charge in [0.1, 0.15) is 11.7 Å². The predicted molar refractivity (Wildman–Crippen MR) is 117 cm³/mol. The van der Waals surface area contributed by atoms with Crippen molar-refractivity contribution in [1.29, 1.82) is 0 Å². The summed E-state index contributed by atoms with van der Waals surface area (Å²) in [5, 5.41) is 2.00.